The molecule has 0 radical (unpaired) electrons. The van der Waals surface area contributed by atoms with E-state index in [1.807, 2.05) is 6.07 Å². The normalized spacial score (nSPS) is 25.5. The summed E-state index contributed by atoms with van der Waals surface area (Å²) >= 11 is 0. The predicted octanol–water partition coefficient (Wildman–Crippen LogP) is 0.917. The molecule has 10 nitrogen and oxygen atoms in total. The topological polar surface area (TPSA) is 133 Å². The molecule has 2 N–H and O–H groups in total. The number of ether oxygens (including phenoxy) is 1. The van der Waals surface area contributed by atoms with Crippen LogP contribution in [0.25, 0.3) is 0 Å². The van der Waals surface area contributed by atoms with Crippen LogP contribution in [-0.4, -0.2) is 90.1 Å². The highest BCUT2D eigenvalue weighted by Gasteiger charge is 2.67. The van der Waals surface area contributed by atoms with E-state index in [0.717, 1.165) is 4.90 Å². The highest BCUT2D eigenvalue weighted by atomic mass is 19.4. The lowest BCUT2D eigenvalue weighted by Gasteiger charge is -2.31. The molecule has 0 spiro atoms. The Hall–Kier alpha value is -3.48. The minimum absolute atomic E-state index is 0.181. The predicted molar refractivity (Wildman–Crippen MR) is 114 cm³/mol. The molecule has 0 bridgehead atoms. The van der Waals surface area contributed by atoms with Crippen molar-refractivity contribution in [1.29, 1.82) is 0 Å². The number of carboxylic acids is 1. The van der Waals surface area contributed by atoms with Gasteiger partial charge < -0.3 is 14.7 Å². The second-order valence-corrected chi connectivity index (χ2v) is 8.16. The van der Waals surface area contributed by atoms with Crippen molar-refractivity contribution in [3.05, 3.63) is 35.9 Å². The van der Waals surface area contributed by atoms with E-state index >= 15 is 0 Å². The van der Waals surface area contributed by atoms with Crippen molar-refractivity contribution >= 4 is 29.7 Å². The number of rotatable bonds is 5. The molecule has 35 heavy (non-hydrogen) atoms. The number of likely N-dealkylation sites (N-methyl/N-ethyl adjacent to an activating group) is 1. The lowest BCUT2D eigenvalue weighted by atomic mass is 9.78. The van der Waals surface area contributed by atoms with Gasteiger partial charge in [0.2, 0.25) is 11.8 Å². The number of hydrogen-bond acceptors (Lipinski definition) is 7. The molecule has 0 unspecified atom stereocenters. The number of nitrogens with one attached hydrogen (secondary N) is 1. The lowest BCUT2D eigenvalue weighted by Crippen LogP contribution is -2.57. The SMILES string of the molecule is CC[C@@]1(C(=O)OC)N[C@H](CN(C)C(=O)c2ccccc2)[C@@H]2C(=O)N(C)C(=O)[C@@H]21.O=C(O)C(F)(F)F. The second kappa shape index (κ2) is 10.4. The summed E-state index contributed by atoms with van der Waals surface area (Å²) in [5.41, 5.74) is -0.752. The number of nitrogens with zero attached hydrogens (tertiary/aromatic N) is 2. The molecule has 2 saturated heterocycles. The largest absolute Gasteiger partial charge is 0.490 e. The average molecular weight is 501 g/mol. The number of imide groups is 1. The van der Waals surface area contributed by atoms with E-state index in [-0.39, 0.29) is 18.4 Å². The Kier molecular flexibility index (Phi) is 8.27. The maximum absolute atomic E-state index is 12.8. The van der Waals surface area contributed by atoms with Gasteiger partial charge in [-0.2, -0.15) is 13.2 Å². The number of esters is 1. The molecular formula is C22H26F3N3O7. The third-order valence-electron chi connectivity index (χ3n) is 6.17. The van der Waals surface area contributed by atoms with Gasteiger partial charge in [-0.15, -0.1) is 0 Å². The highest BCUT2D eigenvalue weighted by Crippen LogP contribution is 2.44. The molecule has 1 aromatic rings. The van der Waals surface area contributed by atoms with Crippen LogP contribution in [0.15, 0.2) is 30.3 Å². The molecule has 0 aromatic heterocycles. The molecule has 2 heterocycles. The van der Waals surface area contributed by atoms with Gasteiger partial charge in [-0.05, 0) is 18.6 Å². The summed E-state index contributed by atoms with van der Waals surface area (Å²) in [5.74, 6) is -5.82. The first-order chi connectivity index (χ1) is 16.2. The zero-order valence-electron chi connectivity index (χ0n) is 19.5. The highest BCUT2D eigenvalue weighted by molar-refractivity contribution is 6.09. The minimum atomic E-state index is -5.08. The quantitative estimate of drug-likeness (QED) is 0.450. The number of likely N-dealkylation sites (tertiary alicyclic amines) is 1. The van der Waals surface area contributed by atoms with Crippen LogP contribution in [0, 0.1) is 11.8 Å². The first-order valence-corrected chi connectivity index (χ1v) is 10.5. The number of carboxylic acid groups (broad SMARTS) is 1. The summed E-state index contributed by atoms with van der Waals surface area (Å²) < 4.78 is 36.7. The van der Waals surface area contributed by atoms with Gasteiger partial charge in [0.15, 0.2) is 0 Å². The smallest absolute Gasteiger partial charge is 0.475 e. The van der Waals surface area contributed by atoms with Gasteiger partial charge in [-0.25, -0.2) is 4.79 Å². The molecule has 3 rings (SSSR count). The number of carbonyl (C=O) groups excluding carboxylic acids is 4. The Morgan fingerprint density at radius 3 is 2.17 bits per heavy atom. The average Bonchev–Trinajstić information content (AvgIpc) is 3.27. The second-order valence-electron chi connectivity index (χ2n) is 8.16. The number of carbonyl (C=O) groups is 5. The molecule has 3 amide bonds. The maximum Gasteiger partial charge on any atom is 0.490 e. The first kappa shape index (κ1) is 27.8. The summed E-state index contributed by atoms with van der Waals surface area (Å²) in [6.45, 7) is 1.96. The van der Waals surface area contributed by atoms with E-state index in [2.05, 4.69) is 5.32 Å². The summed E-state index contributed by atoms with van der Waals surface area (Å²) in [5, 5.41) is 10.3. The maximum atomic E-state index is 12.8. The van der Waals surface area contributed by atoms with Gasteiger partial charge in [0.1, 0.15) is 5.54 Å². The number of aliphatic carboxylic acids is 1. The van der Waals surface area contributed by atoms with E-state index < -0.39 is 47.4 Å². The molecule has 13 heteroatoms. The van der Waals surface area contributed by atoms with Crippen molar-refractivity contribution < 1.29 is 47.0 Å². The van der Waals surface area contributed by atoms with Crippen molar-refractivity contribution in [3.63, 3.8) is 0 Å². The summed E-state index contributed by atoms with van der Waals surface area (Å²) in [6.07, 6.45) is -4.79. The molecular weight excluding hydrogens is 475 g/mol. The van der Waals surface area contributed by atoms with E-state index in [4.69, 9.17) is 14.6 Å². The third-order valence-corrected chi connectivity index (χ3v) is 6.17. The van der Waals surface area contributed by atoms with Crippen molar-refractivity contribution in [2.75, 3.05) is 27.7 Å². The van der Waals surface area contributed by atoms with Gasteiger partial charge in [-0.1, -0.05) is 25.1 Å². The third kappa shape index (κ3) is 5.29. The fraction of sp³-hybridized carbons (Fsp3) is 0.500. The Morgan fingerprint density at radius 1 is 1.17 bits per heavy atom. The van der Waals surface area contributed by atoms with Crippen molar-refractivity contribution in [3.8, 4) is 0 Å². The van der Waals surface area contributed by atoms with Crippen molar-refractivity contribution in [1.82, 2.24) is 15.1 Å². The minimum Gasteiger partial charge on any atom is -0.475 e. The lowest BCUT2D eigenvalue weighted by molar-refractivity contribution is -0.192. The van der Waals surface area contributed by atoms with Gasteiger partial charge in [0.05, 0.1) is 18.9 Å². The number of hydrogen-bond donors (Lipinski definition) is 2. The van der Waals surface area contributed by atoms with Crippen LogP contribution in [0.5, 0.6) is 0 Å². The number of fused-ring (bicyclic) bond motifs is 1. The number of benzene rings is 1. The van der Waals surface area contributed by atoms with Gasteiger partial charge in [-0.3, -0.25) is 29.4 Å². The zero-order chi connectivity index (χ0) is 26.7. The summed E-state index contributed by atoms with van der Waals surface area (Å²) in [6, 6.07) is 8.27. The van der Waals surface area contributed by atoms with Crippen LogP contribution >= 0.6 is 0 Å². The Balaban J connectivity index is 0.000000540. The van der Waals surface area contributed by atoms with Gasteiger partial charge >= 0.3 is 18.1 Å². The molecule has 0 aliphatic carbocycles. The number of methoxy groups -OCH3 is 1. The molecule has 192 valence electrons. The van der Waals surface area contributed by atoms with E-state index in [1.165, 1.54) is 19.1 Å². The summed E-state index contributed by atoms with van der Waals surface area (Å²) in [4.78, 5) is 62.3. The standard InChI is InChI=1S/C20H25N3O5.C2HF3O2/c1-5-20(19(27)28-4)15-14(17(25)23(3)18(15)26)13(21-20)11-22(2)16(24)12-9-7-6-8-10-12;3-2(4,5)1(6)7/h6-10,13-15,21H,5,11H2,1-4H3;(H,6,7)/t13-,14+,15-,20-;/m1./s1. The fourth-order valence-electron chi connectivity index (χ4n) is 4.44. The van der Waals surface area contributed by atoms with Crippen LogP contribution in [0.3, 0.4) is 0 Å². The Bertz CT molecular complexity index is 1000. The van der Waals surface area contributed by atoms with Gasteiger partial charge in [0, 0.05) is 32.2 Å². The van der Waals surface area contributed by atoms with Gasteiger partial charge in [0.25, 0.3) is 5.91 Å². The first-order valence-electron chi connectivity index (χ1n) is 10.5. The van der Waals surface area contributed by atoms with Crippen LogP contribution in [0.4, 0.5) is 13.2 Å². The molecule has 2 aliphatic heterocycles. The van der Waals surface area contributed by atoms with Crippen LogP contribution in [-0.2, 0) is 23.9 Å². The van der Waals surface area contributed by atoms with E-state index in [9.17, 15) is 32.3 Å². The van der Waals surface area contributed by atoms with Crippen molar-refractivity contribution in [2.45, 2.75) is 31.1 Å². The van der Waals surface area contributed by atoms with E-state index in [1.54, 1.807) is 38.2 Å². The zero-order valence-corrected chi connectivity index (χ0v) is 19.5. The fourth-order valence-corrected chi connectivity index (χ4v) is 4.44. The molecule has 1 aromatic carbocycles. The molecule has 4 atom stereocenters. The Labute approximate surface area is 199 Å². The molecule has 0 saturated carbocycles. The monoisotopic (exact) mass is 501 g/mol. The number of amides is 3. The molecule has 2 fully saturated rings. The van der Waals surface area contributed by atoms with Crippen LogP contribution in [0.1, 0.15) is 23.7 Å². The van der Waals surface area contributed by atoms with Crippen LogP contribution < -0.4 is 5.32 Å². The summed E-state index contributed by atoms with van der Waals surface area (Å²) in [7, 11) is 4.33. The number of halogens is 3. The van der Waals surface area contributed by atoms with Crippen molar-refractivity contribution in [2.24, 2.45) is 11.8 Å². The number of alkyl halides is 3. The van der Waals surface area contributed by atoms with E-state index in [0.29, 0.717) is 12.0 Å². The molecule has 2 aliphatic rings. The Morgan fingerprint density at radius 2 is 1.71 bits per heavy atom. The van der Waals surface area contributed by atoms with Crippen LogP contribution in [0.2, 0.25) is 0 Å².